The summed E-state index contributed by atoms with van der Waals surface area (Å²) < 4.78 is 0. The summed E-state index contributed by atoms with van der Waals surface area (Å²) in [5, 5.41) is 0. The van der Waals surface area contributed by atoms with Crippen LogP contribution in [0.5, 0.6) is 0 Å². The van der Waals surface area contributed by atoms with Crippen molar-refractivity contribution >= 4 is 0 Å². The van der Waals surface area contributed by atoms with Crippen LogP contribution in [0.15, 0.2) is 0 Å². The first-order valence-corrected chi connectivity index (χ1v) is 2.06. The van der Waals surface area contributed by atoms with E-state index in [4.69, 9.17) is 0 Å². The Kier molecular flexibility index (Phi) is 10.1. The molecule has 0 nitrogen and oxygen atoms in total. The van der Waals surface area contributed by atoms with Gasteiger partial charge in [-0.2, -0.15) is 6.42 Å². The quantitative estimate of drug-likeness (QED) is 0.285. The zero-order valence-electron chi connectivity index (χ0n) is 4.99. The van der Waals surface area contributed by atoms with Crippen molar-refractivity contribution in [2.45, 2.75) is 20.3 Å². The number of rotatable bonds is 1. The van der Waals surface area contributed by atoms with Gasteiger partial charge in [-0.1, -0.05) is 19.8 Å². The van der Waals surface area contributed by atoms with Crippen LogP contribution in [-0.2, 0) is 0 Å². The zero-order valence-corrected chi connectivity index (χ0v) is 6.99. The Morgan fingerprint density at radius 1 is 1.50 bits per heavy atom. The molecule has 0 aliphatic rings. The summed E-state index contributed by atoms with van der Waals surface area (Å²) >= 11 is 0. The Bertz CT molecular complexity index is 17.9. The van der Waals surface area contributed by atoms with E-state index in [0.717, 1.165) is 12.3 Å². The SMILES string of the molecule is [CH2-]CC(C)C.[Na+]. The Balaban J connectivity index is 0. The van der Waals surface area contributed by atoms with E-state index < -0.39 is 0 Å². The molecule has 0 heterocycles. The van der Waals surface area contributed by atoms with Gasteiger partial charge >= 0.3 is 29.6 Å². The van der Waals surface area contributed by atoms with Crippen LogP contribution in [0.4, 0.5) is 0 Å². The van der Waals surface area contributed by atoms with Gasteiger partial charge in [-0.05, 0) is 0 Å². The van der Waals surface area contributed by atoms with Gasteiger partial charge in [0.15, 0.2) is 0 Å². The van der Waals surface area contributed by atoms with E-state index in [1.165, 1.54) is 0 Å². The van der Waals surface area contributed by atoms with Gasteiger partial charge in [-0.15, -0.1) is 0 Å². The van der Waals surface area contributed by atoms with Crippen molar-refractivity contribution in [3.63, 3.8) is 0 Å². The third-order valence-electron chi connectivity index (χ3n) is 0.577. The second-order valence-electron chi connectivity index (χ2n) is 1.68. The maximum absolute atomic E-state index is 3.69. The second-order valence-corrected chi connectivity index (χ2v) is 1.68. The fourth-order valence-corrected chi connectivity index (χ4v) is 0. The van der Waals surface area contributed by atoms with E-state index in [2.05, 4.69) is 20.8 Å². The van der Waals surface area contributed by atoms with Gasteiger partial charge < -0.3 is 6.92 Å². The van der Waals surface area contributed by atoms with Gasteiger partial charge in [0.2, 0.25) is 0 Å². The van der Waals surface area contributed by atoms with Crippen molar-refractivity contribution in [1.82, 2.24) is 0 Å². The summed E-state index contributed by atoms with van der Waals surface area (Å²) in [4.78, 5) is 0. The number of hydrogen-bond donors (Lipinski definition) is 0. The van der Waals surface area contributed by atoms with Crippen LogP contribution < -0.4 is 29.6 Å². The average molecular weight is 94.1 g/mol. The van der Waals surface area contributed by atoms with Crippen molar-refractivity contribution < 1.29 is 29.6 Å². The van der Waals surface area contributed by atoms with Crippen molar-refractivity contribution in [3.05, 3.63) is 6.92 Å². The molecule has 6 heavy (non-hydrogen) atoms. The molecule has 0 aliphatic heterocycles. The van der Waals surface area contributed by atoms with Crippen LogP contribution in [0, 0.1) is 12.8 Å². The van der Waals surface area contributed by atoms with Crippen molar-refractivity contribution in [1.29, 1.82) is 0 Å². The normalized spacial score (nSPS) is 8.00. The standard InChI is InChI=1S/C5H11.Na/c1-4-5(2)3;/h5H,1,4H2,2-3H3;/q-1;+1. The van der Waals surface area contributed by atoms with Gasteiger partial charge in [0.05, 0.1) is 0 Å². The van der Waals surface area contributed by atoms with E-state index >= 15 is 0 Å². The van der Waals surface area contributed by atoms with Gasteiger partial charge in [0.25, 0.3) is 0 Å². The summed E-state index contributed by atoms with van der Waals surface area (Å²) in [7, 11) is 0. The second kappa shape index (κ2) is 6.00. The minimum absolute atomic E-state index is 0. The minimum atomic E-state index is 0. The largest absolute Gasteiger partial charge is 1.00 e. The predicted octanol–water partition coefficient (Wildman–Crippen LogP) is -1.13. The van der Waals surface area contributed by atoms with Gasteiger partial charge in [-0.25, -0.2) is 0 Å². The van der Waals surface area contributed by atoms with E-state index in [1.807, 2.05) is 0 Å². The van der Waals surface area contributed by atoms with Gasteiger partial charge in [0.1, 0.15) is 0 Å². The van der Waals surface area contributed by atoms with Crippen LogP contribution in [0.2, 0.25) is 0 Å². The summed E-state index contributed by atoms with van der Waals surface area (Å²) in [6, 6.07) is 0. The maximum Gasteiger partial charge on any atom is 1.00 e. The Hall–Kier alpha value is 1.00. The summed E-state index contributed by atoms with van der Waals surface area (Å²) in [5.41, 5.74) is 0. The summed E-state index contributed by atoms with van der Waals surface area (Å²) in [5.74, 6) is 0.773. The van der Waals surface area contributed by atoms with Crippen molar-refractivity contribution in [2.75, 3.05) is 0 Å². The molecule has 0 saturated carbocycles. The van der Waals surface area contributed by atoms with Crippen LogP contribution in [0.3, 0.4) is 0 Å². The average Bonchev–Trinajstić information content (AvgIpc) is 1.38. The molecule has 0 unspecified atom stereocenters. The molecule has 0 amide bonds. The fourth-order valence-electron chi connectivity index (χ4n) is 0. The molecule has 0 radical (unpaired) electrons. The molecular weight excluding hydrogens is 83.0 g/mol. The molecule has 0 aromatic carbocycles. The zero-order chi connectivity index (χ0) is 4.28. The molecule has 0 spiro atoms. The molecule has 0 fully saturated rings. The Labute approximate surface area is 62.6 Å². The predicted molar refractivity (Wildman–Crippen MR) is 24.8 cm³/mol. The van der Waals surface area contributed by atoms with Gasteiger partial charge in [-0.3, -0.25) is 0 Å². The Morgan fingerprint density at radius 2 is 1.67 bits per heavy atom. The molecule has 0 bridgehead atoms. The van der Waals surface area contributed by atoms with Crippen LogP contribution in [0.1, 0.15) is 20.3 Å². The van der Waals surface area contributed by atoms with E-state index in [1.54, 1.807) is 0 Å². The first-order chi connectivity index (χ1) is 2.27. The molecule has 0 aromatic rings. The van der Waals surface area contributed by atoms with Gasteiger partial charge in [0, 0.05) is 0 Å². The monoisotopic (exact) mass is 94.1 g/mol. The third-order valence-corrected chi connectivity index (χ3v) is 0.577. The van der Waals surface area contributed by atoms with Crippen molar-refractivity contribution in [3.8, 4) is 0 Å². The fraction of sp³-hybridized carbons (Fsp3) is 0.800. The van der Waals surface area contributed by atoms with Crippen LogP contribution >= 0.6 is 0 Å². The Morgan fingerprint density at radius 3 is 1.67 bits per heavy atom. The molecule has 0 atom stereocenters. The number of hydrogen-bond acceptors (Lipinski definition) is 0. The van der Waals surface area contributed by atoms with Crippen molar-refractivity contribution in [2.24, 2.45) is 5.92 Å². The summed E-state index contributed by atoms with van der Waals surface area (Å²) in [6.07, 6.45) is 1.06. The first kappa shape index (κ1) is 10.1. The third kappa shape index (κ3) is 8.89. The smallest absolute Gasteiger partial charge is 0.343 e. The molecular formula is C5H11Na. The van der Waals surface area contributed by atoms with E-state index in [0.29, 0.717) is 0 Å². The topological polar surface area (TPSA) is 0 Å². The summed E-state index contributed by atoms with van der Waals surface area (Å²) in [6.45, 7) is 8.00. The molecule has 0 rings (SSSR count). The van der Waals surface area contributed by atoms with Crippen LogP contribution in [0.25, 0.3) is 0 Å². The molecule has 0 aromatic heterocycles. The molecule has 32 valence electrons. The molecule has 0 aliphatic carbocycles. The molecule has 1 heteroatoms. The van der Waals surface area contributed by atoms with E-state index in [-0.39, 0.29) is 29.6 Å². The molecule has 0 N–H and O–H groups in total. The van der Waals surface area contributed by atoms with Crippen LogP contribution in [-0.4, -0.2) is 0 Å². The minimum Gasteiger partial charge on any atom is -0.343 e. The first-order valence-electron chi connectivity index (χ1n) is 2.06. The maximum atomic E-state index is 3.69. The molecule has 0 saturated heterocycles. The van der Waals surface area contributed by atoms with E-state index in [9.17, 15) is 0 Å².